The standard InChI is InChI=1S/C20H29ClN2O2.C15H21ClN2.C2HF3O2/c1-20(2,3)25-19(24)23-12-15-9-17(10-16(15)13-23)22(4)11-14-7-5-6-8-18(14)21;1-18(10-11-4-2-3-5-15(11)16)14-6-12-8-17-9-13(12)7-14;3-2(4,5)1(6)7/h5-8,15-17H,9-13H2,1-4H3;2-5,12-14,17H,6-10H2,1H3;(H,6,7)/t15-,16+,17?;12-,13+,14?;. The van der Waals surface area contributed by atoms with Crippen molar-refractivity contribution in [1.29, 1.82) is 0 Å². The van der Waals surface area contributed by atoms with Gasteiger partial charge in [-0.1, -0.05) is 59.6 Å². The third-order valence-electron chi connectivity index (χ3n) is 10.3. The molecule has 2 aromatic rings. The molecule has 50 heavy (non-hydrogen) atoms. The van der Waals surface area contributed by atoms with Gasteiger partial charge < -0.3 is 20.1 Å². The molecule has 0 radical (unpaired) electrons. The smallest absolute Gasteiger partial charge is 0.475 e. The number of benzene rings is 2. The number of hydrogen-bond acceptors (Lipinski definition) is 6. The first-order valence-electron chi connectivity index (χ1n) is 17.3. The summed E-state index contributed by atoms with van der Waals surface area (Å²) < 4.78 is 37.3. The number of carbonyl (C=O) groups excluding carboxylic acids is 1. The highest BCUT2D eigenvalue weighted by molar-refractivity contribution is 6.31. The molecule has 8 nitrogen and oxygen atoms in total. The lowest BCUT2D eigenvalue weighted by atomic mass is 10.0. The number of aliphatic carboxylic acids is 1. The number of fused-ring (bicyclic) bond motifs is 2. The van der Waals surface area contributed by atoms with Gasteiger partial charge in [-0.15, -0.1) is 0 Å². The maximum atomic E-state index is 12.3. The quantitative estimate of drug-likeness (QED) is 0.312. The highest BCUT2D eigenvalue weighted by Gasteiger charge is 2.44. The van der Waals surface area contributed by atoms with Crippen LogP contribution in [0.1, 0.15) is 57.6 Å². The van der Waals surface area contributed by atoms with Crippen LogP contribution in [0.25, 0.3) is 0 Å². The number of nitrogens with zero attached hydrogens (tertiary/aromatic N) is 3. The number of carbonyl (C=O) groups is 2. The van der Waals surface area contributed by atoms with E-state index in [2.05, 4.69) is 47.4 Å². The van der Waals surface area contributed by atoms with Gasteiger partial charge in [-0.3, -0.25) is 9.80 Å². The summed E-state index contributed by atoms with van der Waals surface area (Å²) >= 11 is 12.5. The Labute approximate surface area is 304 Å². The molecule has 6 atom stereocenters. The topological polar surface area (TPSA) is 85.4 Å². The summed E-state index contributed by atoms with van der Waals surface area (Å²) in [6.07, 6.45) is -0.268. The van der Waals surface area contributed by atoms with Crippen LogP contribution in [-0.4, -0.2) is 96.0 Å². The summed E-state index contributed by atoms with van der Waals surface area (Å²) in [4.78, 5) is 28.0. The molecule has 2 aromatic carbocycles. The van der Waals surface area contributed by atoms with E-state index < -0.39 is 17.7 Å². The molecule has 0 bridgehead atoms. The fourth-order valence-electron chi connectivity index (χ4n) is 7.65. The summed E-state index contributed by atoms with van der Waals surface area (Å²) in [6, 6.07) is 17.5. The van der Waals surface area contributed by atoms with Crippen molar-refractivity contribution >= 4 is 35.3 Å². The fourth-order valence-corrected chi connectivity index (χ4v) is 8.04. The van der Waals surface area contributed by atoms with Gasteiger partial charge in [0.25, 0.3) is 0 Å². The van der Waals surface area contributed by atoms with Crippen LogP contribution in [0.2, 0.25) is 10.0 Å². The van der Waals surface area contributed by atoms with Crippen molar-refractivity contribution in [1.82, 2.24) is 20.0 Å². The minimum Gasteiger partial charge on any atom is -0.475 e. The summed E-state index contributed by atoms with van der Waals surface area (Å²) in [5.41, 5.74) is 2.00. The Balaban J connectivity index is 0.000000196. The van der Waals surface area contributed by atoms with Crippen LogP contribution < -0.4 is 5.32 Å². The predicted molar refractivity (Wildman–Crippen MR) is 190 cm³/mol. The number of ether oxygens (including phenoxy) is 1. The van der Waals surface area contributed by atoms with E-state index >= 15 is 0 Å². The maximum absolute atomic E-state index is 12.3. The first-order valence-corrected chi connectivity index (χ1v) is 18.0. The van der Waals surface area contributed by atoms with Gasteiger partial charge in [0.05, 0.1) is 0 Å². The molecular weight excluding hydrogens is 692 g/mol. The fraction of sp³-hybridized carbons (Fsp3) is 0.622. The number of nitrogens with one attached hydrogen (secondary N) is 1. The molecule has 13 heteroatoms. The van der Waals surface area contributed by atoms with Gasteiger partial charge in [-0.25, -0.2) is 9.59 Å². The van der Waals surface area contributed by atoms with Crippen molar-refractivity contribution in [3.05, 3.63) is 69.7 Å². The molecule has 2 heterocycles. The van der Waals surface area contributed by atoms with Crippen LogP contribution in [0.15, 0.2) is 48.5 Å². The first-order chi connectivity index (χ1) is 23.4. The Morgan fingerprint density at radius 3 is 1.54 bits per heavy atom. The van der Waals surface area contributed by atoms with Gasteiger partial charge in [0.1, 0.15) is 5.60 Å². The summed E-state index contributed by atoms with van der Waals surface area (Å²) in [5.74, 6) is 0.234. The second kappa shape index (κ2) is 17.3. The highest BCUT2D eigenvalue weighted by atomic mass is 35.5. The Morgan fingerprint density at radius 1 is 0.800 bits per heavy atom. The van der Waals surface area contributed by atoms with Crippen molar-refractivity contribution in [2.45, 2.75) is 83.4 Å². The van der Waals surface area contributed by atoms with E-state index in [1.54, 1.807) is 0 Å². The largest absolute Gasteiger partial charge is 0.490 e. The number of halogens is 5. The number of alkyl halides is 3. The van der Waals surface area contributed by atoms with E-state index in [9.17, 15) is 18.0 Å². The van der Waals surface area contributed by atoms with Gasteiger partial charge in [-0.2, -0.15) is 13.2 Å². The van der Waals surface area contributed by atoms with E-state index in [1.807, 2.05) is 56.0 Å². The van der Waals surface area contributed by atoms with Crippen LogP contribution in [0, 0.1) is 23.7 Å². The number of amides is 1. The number of likely N-dealkylation sites (tertiary alicyclic amines) is 1. The minimum atomic E-state index is -5.08. The minimum absolute atomic E-state index is 0.164. The molecule has 2 aliphatic heterocycles. The number of rotatable bonds is 6. The number of hydrogen-bond donors (Lipinski definition) is 2. The molecule has 4 aliphatic rings. The zero-order chi connectivity index (χ0) is 36.8. The monoisotopic (exact) mass is 742 g/mol. The zero-order valence-corrected chi connectivity index (χ0v) is 31.1. The van der Waals surface area contributed by atoms with E-state index in [1.165, 1.54) is 37.1 Å². The molecule has 2 unspecified atom stereocenters. The number of carboxylic acids is 1. The average molecular weight is 744 g/mol. The van der Waals surface area contributed by atoms with E-state index in [0.29, 0.717) is 17.9 Å². The van der Waals surface area contributed by atoms with Crippen molar-refractivity contribution in [2.75, 3.05) is 40.3 Å². The second-order valence-electron chi connectivity index (χ2n) is 15.2. The van der Waals surface area contributed by atoms with Crippen molar-refractivity contribution < 1.29 is 32.6 Å². The molecule has 0 aromatic heterocycles. The van der Waals surface area contributed by atoms with Gasteiger partial charge in [0, 0.05) is 48.3 Å². The van der Waals surface area contributed by atoms with Crippen LogP contribution in [0.3, 0.4) is 0 Å². The lowest BCUT2D eigenvalue weighted by Gasteiger charge is -2.28. The second-order valence-corrected chi connectivity index (χ2v) is 16.0. The van der Waals surface area contributed by atoms with Crippen LogP contribution in [0.4, 0.5) is 18.0 Å². The van der Waals surface area contributed by atoms with E-state index in [0.717, 1.165) is 66.9 Å². The van der Waals surface area contributed by atoms with Gasteiger partial charge in [-0.05, 0) is 121 Å². The van der Waals surface area contributed by atoms with Crippen LogP contribution in [-0.2, 0) is 22.6 Å². The maximum Gasteiger partial charge on any atom is 0.490 e. The highest BCUT2D eigenvalue weighted by Crippen LogP contribution is 2.41. The first kappa shape index (κ1) is 40.2. The lowest BCUT2D eigenvalue weighted by Crippen LogP contribution is -2.37. The third-order valence-corrected chi connectivity index (χ3v) is 11.0. The summed E-state index contributed by atoms with van der Waals surface area (Å²) in [6.45, 7) is 11.7. The zero-order valence-electron chi connectivity index (χ0n) is 29.6. The summed E-state index contributed by atoms with van der Waals surface area (Å²) in [7, 11) is 4.42. The lowest BCUT2D eigenvalue weighted by molar-refractivity contribution is -0.192. The molecule has 278 valence electrons. The Hall–Kier alpha value is -2.57. The van der Waals surface area contributed by atoms with Gasteiger partial charge in [0.15, 0.2) is 0 Å². The SMILES string of the molecule is CN(Cc1ccccc1Cl)C1C[C@@H]2CN(C(=O)OC(C)(C)C)C[C@@H]2C1.CN(Cc1ccccc1Cl)C1C[C@H]2CNC[C@H]2C1.O=C(O)C(F)(F)F. The van der Waals surface area contributed by atoms with Crippen molar-refractivity contribution in [3.8, 4) is 0 Å². The van der Waals surface area contributed by atoms with Gasteiger partial charge in [0.2, 0.25) is 0 Å². The average Bonchev–Trinajstić information content (AvgIpc) is 3.80. The molecule has 0 spiro atoms. The normalized spacial score (nSPS) is 25.8. The Bertz CT molecular complexity index is 1420. The van der Waals surface area contributed by atoms with E-state index in [4.69, 9.17) is 37.8 Å². The molecule has 2 saturated carbocycles. The molecule has 4 fully saturated rings. The molecule has 1 amide bonds. The van der Waals surface area contributed by atoms with Crippen molar-refractivity contribution in [2.24, 2.45) is 23.7 Å². The Kier molecular flexibility index (Phi) is 13.9. The van der Waals surface area contributed by atoms with Crippen LogP contribution in [0.5, 0.6) is 0 Å². The molecular formula is C37H51Cl2F3N4O4. The Morgan fingerprint density at radius 2 is 1.18 bits per heavy atom. The molecule has 6 rings (SSSR count). The molecule has 2 N–H and O–H groups in total. The van der Waals surface area contributed by atoms with Gasteiger partial charge >= 0.3 is 18.2 Å². The molecule has 2 aliphatic carbocycles. The van der Waals surface area contributed by atoms with Crippen molar-refractivity contribution in [3.63, 3.8) is 0 Å². The molecule has 2 saturated heterocycles. The summed E-state index contributed by atoms with van der Waals surface area (Å²) in [5, 5.41) is 12.4. The number of carboxylic acid groups (broad SMARTS) is 1. The van der Waals surface area contributed by atoms with E-state index in [-0.39, 0.29) is 6.09 Å². The predicted octanol–water partition coefficient (Wildman–Crippen LogP) is 7.82. The third kappa shape index (κ3) is 11.5. The van der Waals surface area contributed by atoms with Crippen LogP contribution >= 0.6 is 23.2 Å².